The third-order valence-corrected chi connectivity index (χ3v) is 27.0. The van der Waals surface area contributed by atoms with Crippen molar-refractivity contribution in [2.45, 2.75) is 98.3 Å². The zero-order chi connectivity index (χ0) is 102. The molecule has 5 saturated heterocycles. The fourth-order valence-electron chi connectivity index (χ4n) is 17.3. The van der Waals surface area contributed by atoms with E-state index in [1.165, 1.54) is 53.5 Å². The number of hydrogen-bond acceptors (Lipinski definition) is 22. The molecule has 5 atom stereocenters. The maximum atomic E-state index is 14.5. The van der Waals surface area contributed by atoms with Gasteiger partial charge in [0, 0.05) is 135 Å². The van der Waals surface area contributed by atoms with Crippen molar-refractivity contribution in [2.75, 3.05) is 92.0 Å². The molecule has 5 aliphatic rings. The molecule has 6 aromatic carbocycles. The van der Waals surface area contributed by atoms with Crippen LogP contribution in [0.4, 0.5) is 41.6 Å². The van der Waals surface area contributed by atoms with Crippen LogP contribution in [0.3, 0.4) is 0 Å². The highest BCUT2D eigenvalue weighted by Gasteiger charge is 2.45. The number of aromatic nitrogens is 6. The molecular weight excluding hydrogens is 1890 g/mol. The first-order valence-corrected chi connectivity index (χ1v) is 49.3. The number of halogens is 3. The fraction of sp³-hybridized carbons (Fsp3) is 0.275. The highest BCUT2D eigenvalue weighted by Crippen LogP contribution is 2.37. The zero-order valence-corrected chi connectivity index (χ0v) is 81.8. The lowest BCUT2D eigenvalue weighted by Gasteiger charge is -2.37. The van der Waals surface area contributed by atoms with Gasteiger partial charge in [-0.3, -0.25) is 58.0 Å². The number of piperidine rings is 5. The standard InChI is InChI=1S/C25H22F3N3O2.C21H22N4O3.C21H21N3O4.2C21H21N3O3S/c1-16-2-4-22(5-3-16)30-23(32)20-13-25(27,28)15-31(14-20)24(33)19-10-18(11-21(26)12-19)17-6-8-29-9-7-17;1-14-6-8-16(9-7-14)22-20(26)15-4-2-10-25(13-15)21(27)18-12-17(23-24-18)19-5-3-11-28-19;1-14-6-8-16(9-7-14)22-20(25)15-4-2-10-24(13-15)21(26)17-12-19(28-23-17)18-5-3-11-27-18;1-14-6-8-16(9-7-14)23-19(25)15-4-2-10-24(13-15)21(26)20-22-12-18(28-20)17-5-3-11-27-17;1-14-6-8-16(9-7-14)22-19(25)15-4-2-10-24(12-15)21(26)17-13-28-20(23-17)18-5-3-11-27-18/h2-12,20H,13-15H2,1H3,(H,30,32);3,5-9,11-12,15H,2,4,10,13H2,1H3,(H,22,26)(H,23,24);3,5-9,11-12,15H,2,4,10,13H2,1H3,(H,22,25);3,5-9,11-12,15H,2,4,10,13H2,1H3,(H,23,25);3,5-9,11,13,15H,2,4,10,12H2,1H3,(H,22,25). The number of rotatable bonds is 20. The quantitative estimate of drug-likeness (QED) is 0.0413. The summed E-state index contributed by atoms with van der Waals surface area (Å²) in [5.74, 6) is -5.29. The first kappa shape index (κ1) is 102. The van der Waals surface area contributed by atoms with E-state index in [4.69, 9.17) is 22.2 Å². The normalized spacial score (nSPS) is 16.9. The number of likely N-dealkylation sites (tertiary alicyclic amines) is 5. The van der Waals surface area contributed by atoms with Crippen LogP contribution >= 0.6 is 22.7 Å². The van der Waals surface area contributed by atoms with Crippen molar-refractivity contribution in [1.82, 2.24) is 54.8 Å². The lowest BCUT2D eigenvalue weighted by Crippen LogP contribution is -2.52. The molecule has 0 radical (unpaired) electrons. The number of anilines is 5. The number of H-pyrrole nitrogens is 1. The van der Waals surface area contributed by atoms with Crippen molar-refractivity contribution >= 4 is 110 Å². The minimum atomic E-state index is -3.25. The summed E-state index contributed by atoms with van der Waals surface area (Å²) in [5.41, 5.74) is 11.7. The summed E-state index contributed by atoms with van der Waals surface area (Å²) in [7, 11) is 0. The summed E-state index contributed by atoms with van der Waals surface area (Å²) in [6.07, 6.45) is 16.5. The highest BCUT2D eigenvalue weighted by atomic mass is 32.1. The van der Waals surface area contributed by atoms with Crippen LogP contribution in [0.25, 0.3) is 55.5 Å². The number of carbonyl (C=O) groups is 10. The second-order valence-corrected chi connectivity index (χ2v) is 38.2. The fourth-order valence-corrected chi connectivity index (χ4v) is 18.9. The van der Waals surface area contributed by atoms with Crippen LogP contribution in [-0.2, 0) is 24.0 Å². The lowest BCUT2D eigenvalue weighted by molar-refractivity contribution is -0.130. The van der Waals surface area contributed by atoms with Gasteiger partial charge in [0.1, 0.15) is 23.0 Å². The number of benzene rings is 6. The van der Waals surface area contributed by atoms with Crippen LogP contribution in [-0.4, -0.2) is 185 Å². The number of thiazole rings is 2. The Morgan fingerprint density at radius 1 is 0.407 bits per heavy atom. The molecule has 31 nitrogen and oxygen atoms in total. The van der Waals surface area contributed by atoms with Gasteiger partial charge in [-0.1, -0.05) is 93.6 Å². The molecule has 15 aromatic rings. The summed E-state index contributed by atoms with van der Waals surface area (Å²) in [6, 6.07) is 62.3. The maximum absolute atomic E-state index is 14.5. The minimum Gasteiger partial charge on any atom is -0.463 e. The molecule has 5 fully saturated rings. The van der Waals surface area contributed by atoms with E-state index in [-0.39, 0.29) is 88.7 Å². The molecule has 746 valence electrons. The van der Waals surface area contributed by atoms with E-state index in [2.05, 4.69) is 56.9 Å². The van der Waals surface area contributed by atoms with E-state index in [1.807, 2.05) is 144 Å². The number of carbonyl (C=O) groups excluding carboxylic acids is 10. The van der Waals surface area contributed by atoms with E-state index < -0.39 is 42.4 Å². The molecule has 5 unspecified atom stereocenters. The number of pyridine rings is 1. The Hall–Kier alpha value is -16.2. The van der Waals surface area contributed by atoms with Gasteiger partial charge < -0.3 is 73.3 Å². The Kier molecular flexibility index (Phi) is 33.4. The molecule has 145 heavy (non-hydrogen) atoms. The molecular formula is C109H107F3N16O15S2. The smallest absolute Gasteiger partial charge is 0.282 e. The van der Waals surface area contributed by atoms with Crippen molar-refractivity contribution in [3.8, 4) is 55.5 Å². The van der Waals surface area contributed by atoms with Crippen LogP contribution in [0, 0.1) is 70.0 Å². The van der Waals surface area contributed by atoms with Crippen LogP contribution in [0.2, 0.25) is 0 Å². The van der Waals surface area contributed by atoms with E-state index in [0.29, 0.717) is 125 Å². The Morgan fingerprint density at radius 2 is 0.807 bits per heavy atom. The number of aromatic amines is 1. The maximum Gasteiger partial charge on any atom is 0.282 e. The van der Waals surface area contributed by atoms with E-state index in [9.17, 15) is 61.1 Å². The largest absolute Gasteiger partial charge is 0.463 e. The van der Waals surface area contributed by atoms with Gasteiger partial charge in [0.15, 0.2) is 38.7 Å². The SMILES string of the molecule is Cc1ccc(NC(=O)C2CCCN(C(=O)c3cc(-c4ccco4)[nH]n3)C2)cc1.Cc1ccc(NC(=O)C2CCCN(C(=O)c3cc(-c4ccco4)on3)C2)cc1.Cc1ccc(NC(=O)C2CCCN(C(=O)c3csc(-c4ccco4)n3)C2)cc1.Cc1ccc(NC(=O)C2CCCN(C(=O)c3ncc(-c4ccco4)s3)C2)cc1.Cc1ccc(NC(=O)C2CN(C(=O)c3cc(F)cc(-c4ccncc4)c3)CC(F)(F)C2)cc1. The van der Waals surface area contributed by atoms with Crippen molar-refractivity contribution < 1.29 is 83.3 Å². The van der Waals surface area contributed by atoms with Crippen LogP contribution in [0.1, 0.15) is 137 Å². The van der Waals surface area contributed by atoms with E-state index in [1.54, 1.807) is 135 Å². The van der Waals surface area contributed by atoms with Crippen molar-refractivity contribution in [2.24, 2.45) is 29.6 Å². The molecule has 20 rings (SSSR count). The summed E-state index contributed by atoms with van der Waals surface area (Å²) < 4.78 is 69.8. The second-order valence-electron chi connectivity index (χ2n) is 36.3. The van der Waals surface area contributed by atoms with Gasteiger partial charge in [0.05, 0.1) is 66.1 Å². The highest BCUT2D eigenvalue weighted by molar-refractivity contribution is 7.16. The van der Waals surface area contributed by atoms with Crippen molar-refractivity contribution in [3.63, 3.8) is 0 Å². The number of nitrogens with zero attached hydrogens (tertiary/aromatic N) is 10. The lowest BCUT2D eigenvalue weighted by atomic mass is 9.93. The number of nitrogens with one attached hydrogen (secondary N) is 6. The van der Waals surface area contributed by atoms with Crippen molar-refractivity contribution in [3.05, 3.63) is 323 Å². The average molecular weight is 2000 g/mol. The van der Waals surface area contributed by atoms with Gasteiger partial charge in [0.25, 0.3) is 35.5 Å². The monoisotopic (exact) mass is 2000 g/mol. The third kappa shape index (κ3) is 27.4. The van der Waals surface area contributed by atoms with E-state index in [0.717, 1.165) is 118 Å². The first-order valence-electron chi connectivity index (χ1n) is 47.6. The van der Waals surface area contributed by atoms with Gasteiger partial charge in [-0.05, 0) is 237 Å². The molecule has 10 amide bonds. The predicted octanol–water partition coefficient (Wildman–Crippen LogP) is 20.5. The number of alkyl halides is 2. The molecule has 14 heterocycles. The molecule has 0 aliphatic carbocycles. The van der Waals surface area contributed by atoms with Gasteiger partial charge in [-0.15, -0.1) is 22.7 Å². The molecule has 6 N–H and O–H groups in total. The Morgan fingerprint density at radius 3 is 1.25 bits per heavy atom. The van der Waals surface area contributed by atoms with Crippen LogP contribution in [0.5, 0.6) is 0 Å². The molecule has 0 spiro atoms. The average Bonchev–Trinajstić information content (AvgIpc) is 1.76. The molecule has 5 aliphatic heterocycles. The third-order valence-electron chi connectivity index (χ3n) is 25.1. The predicted molar refractivity (Wildman–Crippen MR) is 542 cm³/mol. The summed E-state index contributed by atoms with van der Waals surface area (Å²) >= 11 is 2.69. The number of aryl methyl sites for hydroxylation is 5. The molecule has 9 aromatic heterocycles. The second kappa shape index (κ2) is 47.6. The van der Waals surface area contributed by atoms with Gasteiger partial charge in [-0.2, -0.15) is 5.10 Å². The zero-order valence-electron chi connectivity index (χ0n) is 80.2. The molecule has 36 heteroatoms. The van der Waals surface area contributed by atoms with Gasteiger partial charge in [0.2, 0.25) is 35.3 Å². The molecule has 0 bridgehead atoms. The number of furan rings is 4. The summed E-state index contributed by atoms with van der Waals surface area (Å²) in [6.45, 7) is 12.9. The Balaban J connectivity index is 0.000000130. The van der Waals surface area contributed by atoms with Crippen LogP contribution < -0.4 is 26.6 Å². The Labute approximate surface area is 841 Å². The van der Waals surface area contributed by atoms with Crippen LogP contribution in [0.15, 0.2) is 284 Å². The molecule has 0 saturated carbocycles. The van der Waals surface area contributed by atoms with E-state index >= 15 is 0 Å². The first-order chi connectivity index (χ1) is 70.1. The van der Waals surface area contributed by atoms with Crippen molar-refractivity contribution in [1.29, 1.82) is 0 Å². The summed E-state index contributed by atoms with van der Waals surface area (Å²) in [5, 5.41) is 28.1. The minimum absolute atomic E-state index is 0.0447. The number of amides is 10. The number of hydrogen-bond donors (Lipinski definition) is 6. The summed E-state index contributed by atoms with van der Waals surface area (Å²) in [4.78, 5) is 149. The topological polar surface area (TPSA) is 393 Å². The van der Waals surface area contributed by atoms with Gasteiger partial charge >= 0.3 is 0 Å². The Bertz CT molecular complexity index is 6300. The van der Waals surface area contributed by atoms with Gasteiger partial charge in [-0.25, -0.2) is 23.1 Å².